The summed E-state index contributed by atoms with van der Waals surface area (Å²) >= 11 is 0. The van der Waals surface area contributed by atoms with Crippen molar-refractivity contribution in [3.05, 3.63) is 29.8 Å². The Bertz CT molecular complexity index is 790. The number of carbonyl (C=O) groups excluding carboxylic acids is 3. The minimum atomic E-state index is -1.14. The molecule has 0 heterocycles. The molecule has 178 valence electrons. The molecule has 1 rings (SSSR count). The predicted octanol–water partition coefficient (Wildman–Crippen LogP) is 2.31. The number of carboxylic acids is 1. The van der Waals surface area contributed by atoms with Crippen molar-refractivity contribution in [1.29, 1.82) is 0 Å². The van der Waals surface area contributed by atoms with Crippen molar-refractivity contribution in [3.63, 3.8) is 0 Å². The number of aliphatic carboxylic acids is 1. The summed E-state index contributed by atoms with van der Waals surface area (Å²) in [5.41, 5.74) is -0.108. The Morgan fingerprint density at radius 3 is 1.69 bits per heavy atom. The number of nitrogens with one attached hydrogen (secondary N) is 1. The highest BCUT2D eigenvalue weighted by molar-refractivity contribution is 5.83. The van der Waals surface area contributed by atoms with Crippen LogP contribution in [0.4, 0.5) is 5.69 Å². The standard InChI is InChI=1S/C23H34N2O7/c1-15(26)24-18(21(29)30)12-16-8-10-17(11-9-16)25(13-19(27)31-22(2,3)4)14-20(28)32-23(5,6)7/h8-11,18H,12-14H2,1-7H3,(H,24,26)(H,29,30). The number of hydrogen-bond donors (Lipinski definition) is 2. The second-order valence-corrected chi connectivity index (χ2v) is 9.49. The Hall–Kier alpha value is -3.10. The molecule has 0 bridgehead atoms. The van der Waals surface area contributed by atoms with Gasteiger partial charge < -0.3 is 24.8 Å². The van der Waals surface area contributed by atoms with Crippen LogP contribution in [0.1, 0.15) is 54.0 Å². The van der Waals surface area contributed by atoms with Crippen LogP contribution < -0.4 is 10.2 Å². The number of carboxylic acid groups (broad SMARTS) is 1. The van der Waals surface area contributed by atoms with Crippen molar-refractivity contribution in [1.82, 2.24) is 5.32 Å². The van der Waals surface area contributed by atoms with Crippen molar-refractivity contribution in [2.75, 3.05) is 18.0 Å². The third kappa shape index (κ3) is 10.8. The lowest BCUT2D eigenvalue weighted by Crippen LogP contribution is -2.41. The zero-order valence-corrected chi connectivity index (χ0v) is 19.9. The third-order valence-electron chi connectivity index (χ3n) is 3.90. The van der Waals surface area contributed by atoms with Gasteiger partial charge in [0.1, 0.15) is 30.3 Å². The van der Waals surface area contributed by atoms with E-state index in [1.54, 1.807) is 65.8 Å². The minimum Gasteiger partial charge on any atom is -0.480 e. The monoisotopic (exact) mass is 450 g/mol. The van der Waals surface area contributed by atoms with Gasteiger partial charge in [-0.05, 0) is 59.2 Å². The zero-order chi connectivity index (χ0) is 24.7. The van der Waals surface area contributed by atoms with Crippen LogP contribution in [-0.4, -0.2) is 59.3 Å². The van der Waals surface area contributed by atoms with E-state index in [2.05, 4.69) is 5.32 Å². The van der Waals surface area contributed by atoms with Gasteiger partial charge >= 0.3 is 17.9 Å². The molecular weight excluding hydrogens is 416 g/mol. The number of esters is 2. The normalized spacial score (nSPS) is 12.5. The van der Waals surface area contributed by atoms with Gasteiger partial charge in [0.15, 0.2) is 0 Å². The zero-order valence-electron chi connectivity index (χ0n) is 19.9. The number of nitrogens with zero attached hydrogens (tertiary/aromatic N) is 1. The van der Waals surface area contributed by atoms with Crippen molar-refractivity contribution in [3.8, 4) is 0 Å². The van der Waals surface area contributed by atoms with E-state index in [0.29, 0.717) is 11.3 Å². The second-order valence-electron chi connectivity index (χ2n) is 9.49. The van der Waals surface area contributed by atoms with Gasteiger partial charge in [0.25, 0.3) is 0 Å². The first-order chi connectivity index (χ1) is 14.6. The van der Waals surface area contributed by atoms with Crippen LogP contribution in [0.15, 0.2) is 24.3 Å². The van der Waals surface area contributed by atoms with Crippen LogP contribution in [0.3, 0.4) is 0 Å². The maximum absolute atomic E-state index is 12.4. The number of carbonyl (C=O) groups is 4. The number of benzene rings is 1. The molecule has 0 spiro atoms. The summed E-state index contributed by atoms with van der Waals surface area (Å²) < 4.78 is 10.7. The molecule has 2 N–H and O–H groups in total. The lowest BCUT2D eigenvalue weighted by molar-refractivity contribution is -0.154. The van der Waals surface area contributed by atoms with Crippen LogP contribution in [-0.2, 0) is 35.1 Å². The van der Waals surface area contributed by atoms with Gasteiger partial charge in [0, 0.05) is 19.0 Å². The molecule has 1 unspecified atom stereocenters. The van der Waals surface area contributed by atoms with Crippen molar-refractivity contribution < 1.29 is 33.8 Å². The molecule has 0 saturated heterocycles. The molecule has 1 aromatic carbocycles. The number of hydrogen-bond acceptors (Lipinski definition) is 7. The summed E-state index contributed by atoms with van der Waals surface area (Å²) in [7, 11) is 0. The molecule has 0 aliphatic heterocycles. The fourth-order valence-electron chi connectivity index (χ4n) is 2.82. The van der Waals surface area contributed by atoms with Crippen molar-refractivity contribution >= 4 is 29.5 Å². The number of ether oxygens (including phenoxy) is 2. The van der Waals surface area contributed by atoms with Crippen molar-refractivity contribution in [2.24, 2.45) is 0 Å². The highest BCUT2D eigenvalue weighted by Crippen LogP contribution is 2.18. The minimum absolute atomic E-state index is 0.0906. The molecule has 0 aliphatic carbocycles. The van der Waals surface area contributed by atoms with Crippen molar-refractivity contribution in [2.45, 2.75) is 72.1 Å². The highest BCUT2D eigenvalue weighted by Gasteiger charge is 2.24. The summed E-state index contributed by atoms with van der Waals surface area (Å²) in [5, 5.41) is 11.7. The smallest absolute Gasteiger partial charge is 0.326 e. The maximum Gasteiger partial charge on any atom is 0.326 e. The fourth-order valence-corrected chi connectivity index (χ4v) is 2.82. The summed E-state index contributed by atoms with van der Waals surface area (Å²) in [4.78, 5) is 48.9. The number of amides is 1. The van der Waals surface area contributed by atoms with Gasteiger partial charge in [-0.3, -0.25) is 14.4 Å². The first-order valence-corrected chi connectivity index (χ1v) is 10.3. The van der Waals surface area contributed by atoms with E-state index in [1.807, 2.05) is 0 Å². The van der Waals surface area contributed by atoms with Crippen LogP contribution in [0.2, 0.25) is 0 Å². The lowest BCUT2D eigenvalue weighted by Gasteiger charge is -2.28. The van der Waals surface area contributed by atoms with E-state index in [9.17, 15) is 24.3 Å². The molecule has 1 amide bonds. The molecule has 32 heavy (non-hydrogen) atoms. The molecule has 1 aromatic rings. The van der Waals surface area contributed by atoms with Gasteiger partial charge in [-0.1, -0.05) is 12.1 Å². The van der Waals surface area contributed by atoms with E-state index < -0.39 is 41.1 Å². The Morgan fingerprint density at radius 1 is 0.906 bits per heavy atom. The molecule has 9 nitrogen and oxygen atoms in total. The van der Waals surface area contributed by atoms with Crippen LogP contribution in [0.5, 0.6) is 0 Å². The molecule has 0 radical (unpaired) electrons. The van der Waals surface area contributed by atoms with Crippen LogP contribution in [0.25, 0.3) is 0 Å². The van der Waals surface area contributed by atoms with Gasteiger partial charge in [0.2, 0.25) is 5.91 Å². The molecule has 0 aromatic heterocycles. The van der Waals surface area contributed by atoms with Gasteiger partial charge in [0.05, 0.1) is 0 Å². The SMILES string of the molecule is CC(=O)NC(Cc1ccc(N(CC(=O)OC(C)(C)C)CC(=O)OC(C)(C)C)cc1)C(=O)O. The topological polar surface area (TPSA) is 122 Å². The average molecular weight is 451 g/mol. The quantitative estimate of drug-likeness (QED) is 0.550. The summed E-state index contributed by atoms with van der Waals surface area (Å²) in [6, 6.07) is 5.67. The Balaban J connectivity index is 3.04. The lowest BCUT2D eigenvalue weighted by atomic mass is 10.1. The van der Waals surface area contributed by atoms with Gasteiger partial charge in [-0.15, -0.1) is 0 Å². The third-order valence-corrected chi connectivity index (χ3v) is 3.90. The summed E-state index contributed by atoms with van der Waals surface area (Å²) in [5.74, 6) is -2.57. The molecule has 0 saturated carbocycles. The molecule has 0 fully saturated rings. The van der Waals surface area contributed by atoms with Gasteiger partial charge in [-0.2, -0.15) is 0 Å². The fraction of sp³-hybridized carbons (Fsp3) is 0.565. The van der Waals surface area contributed by atoms with E-state index >= 15 is 0 Å². The second kappa shape index (κ2) is 11.0. The van der Waals surface area contributed by atoms with E-state index in [-0.39, 0.29) is 19.5 Å². The van der Waals surface area contributed by atoms with E-state index in [4.69, 9.17) is 9.47 Å². The first kappa shape index (κ1) is 26.9. The van der Waals surface area contributed by atoms with E-state index in [0.717, 1.165) is 0 Å². The highest BCUT2D eigenvalue weighted by atomic mass is 16.6. The van der Waals surface area contributed by atoms with E-state index in [1.165, 1.54) is 11.8 Å². The van der Waals surface area contributed by atoms with Crippen LogP contribution >= 0.6 is 0 Å². The predicted molar refractivity (Wildman–Crippen MR) is 119 cm³/mol. The maximum atomic E-state index is 12.4. The molecule has 1 atom stereocenters. The Morgan fingerprint density at radius 2 is 1.34 bits per heavy atom. The average Bonchev–Trinajstić information content (AvgIpc) is 2.57. The van der Waals surface area contributed by atoms with Gasteiger partial charge in [-0.25, -0.2) is 4.79 Å². The molecule has 9 heteroatoms. The number of rotatable bonds is 9. The summed E-state index contributed by atoms with van der Waals surface area (Å²) in [6.07, 6.45) is 0.0906. The Kier molecular flexibility index (Phi) is 9.23. The largest absolute Gasteiger partial charge is 0.480 e. The number of anilines is 1. The first-order valence-electron chi connectivity index (χ1n) is 10.3. The summed E-state index contributed by atoms with van der Waals surface area (Å²) in [6.45, 7) is 11.5. The molecule has 0 aliphatic rings. The molecular formula is C23H34N2O7. The van der Waals surface area contributed by atoms with Crippen LogP contribution in [0, 0.1) is 0 Å². The Labute approximate surface area is 189 Å².